The van der Waals surface area contributed by atoms with Crippen molar-refractivity contribution in [3.8, 4) is 5.75 Å². The first kappa shape index (κ1) is 14.0. The minimum absolute atomic E-state index is 0.164. The van der Waals surface area contributed by atoms with E-state index in [-0.39, 0.29) is 6.10 Å². The van der Waals surface area contributed by atoms with Crippen LogP contribution in [0.5, 0.6) is 5.75 Å². The van der Waals surface area contributed by atoms with Crippen LogP contribution >= 0.6 is 0 Å². The number of aryl methyl sites for hydroxylation is 1. The highest BCUT2D eigenvalue weighted by molar-refractivity contribution is 5.25. The second kappa shape index (κ2) is 7.28. The van der Waals surface area contributed by atoms with Crippen molar-refractivity contribution in [1.82, 2.24) is 10.3 Å². The molecule has 2 unspecified atom stereocenters. The van der Waals surface area contributed by atoms with Crippen LogP contribution in [0, 0.1) is 6.92 Å². The average Bonchev–Trinajstić information content (AvgIpc) is 2.30. The maximum Gasteiger partial charge on any atom is 0.140 e. The van der Waals surface area contributed by atoms with Crippen molar-refractivity contribution < 1.29 is 4.74 Å². The fourth-order valence-corrected chi connectivity index (χ4v) is 1.75. The largest absolute Gasteiger partial charge is 0.487 e. The van der Waals surface area contributed by atoms with Crippen molar-refractivity contribution in [3.05, 3.63) is 24.0 Å². The lowest BCUT2D eigenvalue weighted by atomic mass is 10.2. The van der Waals surface area contributed by atoms with Crippen molar-refractivity contribution in [3.63, 3.8) is 0 Å². The third-order valence-electron chi connectivity index (χ3n) is 2.76. The summed E-state index contributed by atoms with van der Waals surface area (Å²) in [7, 11) is 0. The lowest BCUT2D eigenvalue weighted by Crippen LogP contribution is -2.35. The average molecular weight is 236 g/mol. The molecule has 0 radical (unpaired) electrons. The van der Waals surface area contributed by atoms with Crippen molar-refractivity contribution in [2.75, 3.05) is 6.54 Å². The van der Waals surface area contributed by atoms with E-state index < -0.39 is 0 Å². The second-order valence-corrected chi connectivity index (χ2v) is 4.61. The van der Waals surface area contributed by atoms with Crippen LogP contribution in [0.4, 0.5) is 0 Å². The Morgan fingerprint density at radius 3 is 2.82 bits per heavy atom. The minimum atomic E-state index is 0.164. The predicted molar refractivity (Wildman–Crippen MR) is 71.4 cm³/mol. The monoisotopic (exact) mass is 236 g/mol. The third-order valence-corrected chi connectivity index (χ3v) is 2.76. The molecule has 3 nitrogen and oxygen atoms in total. The Hall–Kier alpha value is -1.09. The van der Waals surface area contributed by atoms with Gasteiger partial charge in [-0.25, -0.2) is 0 Å². The number of pyridine rings is 1. The molecule has 1 aromatic rings. The molecule has 0 aliphatic rings. The van der Waals surface area contributed by atoms with Crippen LogP contribution in [0.15, 0.2) is 18.3 Å². The van der Waals surface area contributed by atoms with E-state index in [0.29, 0.717) is 6.04 Å². The van der Waals surface area contributed by atoms with Gasteiger partial charge in [0, 0.05) is 18.8 Å². The number of nitrogens with zero attached hydrogens (tertiary/aromatic N) is 1. The lowest BCUT2D eigenvalue weighted by molar-refractivity contribution is 0.209. The molecule has 1 aromatic heterocycles. The first-order valence-electron chi connectivity index (χ1n) is 6.45. The molecular weight excluding hydrogens is 212 g/mol. The number of hydrogen-bond donors (Lipinski definition) is 1. The van der Waals surface area contributed by atoms with E-state index in [4.69, 9.17) is 4.74 Å². The highest BCUT2D eigenvalue weighted by Crippen LogP contribution is 2.15. The molecule has 0 fully saturated rings. The Bertz CT molecular complexity index is 328. The molecule has 17 heavy (non-hydrogen) atoms. The summed E-state index contributed by atoms with van der Waals surface area (Å²) in [6.07, 6.45) is 4.37. The van der Waals surface area contributed by atoms with Crippen LogP contribution in [0.1, 0.15) is 39.3 Å². The van der Waals surface area contributed by atoms with Crippen molar-refractivity contribution in [2.45, 2.75) is 52.7 Å². The molecule has 1 N–H and O–H groups in total. The molecule has 0 bridgehead atoms. The van der Waals surface area contributed by atoms with Crippen LogP contribution in [-0.4, -0.2) is 23.7 Å². The zero-order valence-corrected chi connectivity index (χ0v) is 11.4. The summed E-state index contributed by atoms with van der Waals surface area (Å²) in [6.45, 7) is 9.34. The SMILES string of the molecule is CCCC(C)NCC(C)Oc1cccnc1C. The van der Waals surface area contributed by atoms with Gasteiger partial charge >= 0.3 is 0 Å². The molecule has 0 aliphatic heterocycles. The normalized spacial score (nSPS) is 14.4. The molecule has 0 amide bonds. The van der Waals surface area contributed by atoms with E-state index in [1.807, 2.05) is 19.1 Å². The van der Waals surface area contributed by atoms with Crippen LogP contribution in [-0.2, 0) is 0 Å². The van der Waals surface area contributed by atoms with Gasteiger partial charge in [0.1, 0.15) is 11.9 Å². The van der Waals surface area contributed by atoms with Crippen molar-refractivity contribution >= 4 is 0 Å². The summed E-state index contributed by atoms with van der Waals surface area (Å²) in [5, 5.41) is 3.48. The van der Waals surface area contributed by atoms with E-state index in [2.05, 4.69) is 31.1 Å². The molecule has 0 spiro atoms. The van der Waals surface area contributed by atoms with Gasteiger partial charge in [0.25, 0.3) is 0 Å². The second-order valence-electron chi connectivity index (χ2n) is 4.61. The fraction of sp³-hybridized carbons (Fsp3) is 0.643. The molecule has 96 valence electrons. The zero-order chi connectivity index (χ0) is 12.7. The van der Waals surface area contributed by atoms with Gasteiger partial charge < -0.3 is 10.1 Å². The first-order valence-corrected chi connectivity index (χ1v) is 6.45. The molecule has 0 saturated carbocycles. The number of aromatic nitrogens is 1. The number of nitrogens with one attached hydrogen (secondary N) is 1. The van der Waals surface area contributed by atoms with Gasteiger partial charge in [-0.05, 0) is 39.3 Å². The first-order chi connectivity index (χ1) is 8.13. The Labute approximate surface area is 105 Å². The molecule has 1 heterocycles. The van der Waals surface area contributed by atoms with E-state index >= 15 is 0 Å². The lowest BCUT2D eigenvalue weighted by Gasteiger charge is -2.19. The van der Waals surface area contributed by atoms with E-state index in [1.165, 1.54) is 12.8 Å². The molecule has 0 aromatic carbocycles. The highest BCUT2D eigenvalue weighted by atomic mass is 16.5. The zero-order valence-electron chi connectivity index (χ0n) is 11.4. The fourth-order valence-electron chi connectivity index (χ4n) is 1.75. The molecule has 1 rings (SSSR count). The summed E-state index contributed by atoms with van der Waals surface area (Å²) in [4.78, 5) is 4.21. The standard InChI is InChI=1S/C14H24N2O/c1-5-7-11(2)16-10-12(3)17-14-8-6-9-15-13(14)4/h6,8-9,11-12,16H,5,7,10H2,1-4H3. The van der Waals surface area contributed by atoms with E-state index in [0.717, 1.165) is 18.0 Å². The molecule has 0 aliphatic carbocycles. The van der Waals surface area contributed by atoms with Crippen LogP contribution in [0.3, 0.4) is 0 Å². The number of ether oxygens (including phenoxy) is 1. The molecular formula is C14H24N2O. The summed E-state index contributed by atoms with van der Waals surface area (Å²) >= 11 is 0. The van der Waals surface area contributed by atoms with Crippen LogP contribution in [0.25, 0.3) is 0 Å². The Morgan fingerprint density at radius 1 is 1.41 bits per heavy atom. The topological polar surface area (TPSA) is 34.1 Å². The summed E-state index contributed by atoms with van der Waals surface area (Å²) in [6, 6.07) is 4.43. The highest BCUT2D eigenvalue weighted by Gasteiger charge is 2.08. The maximum atomic E-state index is 5.85. The van der Waals surface area contributed by atoms with E-state index in [1.54, 1.807) is 6.20 Å². The summed E-state index contributed by atoms with van der Waals surface area (Å²) < 4.78 is 5.85. The van der Waals surface area contributed by atoms with Gasteiger partial charge in [-0.15, -0.1) is 0 Å². The summed E-state index contributed by atoms with van der Waals surface area (Å²) in [5.41, 5.74) is 0.945. The quantitative estimate of drug-likeness (QED) is 0.790. The maximum absolute atomic E-state index is 5.85. The van der Waals surface area contributed by atoms with Crippen molar-refractivity contribution in [1.29, 1.82) is 0 Å². The molecule has 3 heteroatoms. The molecule has 0 saturated heterocycles. The van der Waals surface area contributed by atoms with Crippen LogP contribution in [0.2, 0.25) is 0 Å². The number of rotatable bonds is 7. The van der Waals surface area contributed by atoms with Gasteiger partial charge in [-0.1, -0.05) is 13.3 Å². The third kappa shape index (κ3) is 5.18. The Morgan fingerprint density at radius 2 is 2.18 bits per heavy atom. The Balaban J connectivity index is 2.34. The van der Waals surface area contributed by atoms with Gasteiger partial charge in [0.05, 0.1) is 5.69 Å². The minimum Gasteiger partial charge on any atom is -0.487 e. The molecule has 2 atom stereocenters. The van der Waals surface area contributed by atoms with Crippen molar-refractivity contribution in [2.24, 2.45) is 0 Å². The summed E-state index contributed by atoms with van der Waals surface area (Å²) in [5.74, 6) is 0.880. The Kier molecular flexibility index (Phi) is 5.98. The van der Waals surface area contributed by atoms with Gasteiger partial charge in [0.15, 0.2) is 0 Å². The number of hydrogen-bond acceptors (Lipinski definition) is 3. The smallest absolute Gasteiger partial charge is 0.140 e. The van der Waals surface area contributed by atoms with Crippen LogP contribution < -0.4 is 10.1 Å². The van der Waals surface area contributed by atoms with Gasteiger partial charge in [-0.3, -0.25) is 4.98 Å². The van der Waals surface area contributed by atoms with E-state index in [9.17, 15) is 0 Å². The van der Waals surface area contributed by atoms with Gasteiger partial charge in [0.2, 0.25) is 0 Å². The predicted octanol–water partition coefficient (Wildman–Crippen LogP) is 2.94. The van der Waals surface area contributed by atoms with Gasteiger partial charge in [-0.2, -0.15) is 0 Å².